The zero-order valence-electron chi connectivity index (χ0n) is 10.8. The molecule has 20 heavy (non-hydrogen) atoms. The summed E-state index contributed by atoms with van der Waals surface area (Å²) in [7, 11) is 1.46. The first-order valence-electron chi connectivity index (χ1n) is 5.88. The van der Waals surface area contributed by atoms with Gasteiger partial charge in [0.05, 0.1) is 12.7 Å². The van der Waals surface area contributed by atoms with Crippen molar-refractivity contribution in [1.29, 1.82) is 0 Å². The average molecular weight is 276 g/mol. The number of carboxylic acids is 1. The highest BCUT2D eigenvalue weighted by Crippen LogP contribution is 2.28. The van der Waals surface area contributed by atoms with Crippen molar-refractivity contribution in [2.75, 3.05) is 7.11 Å². The van der Waals surface area contributed by atoms with Crippen LogP contribution in [0, 0.1) is 5.82 Å². The Bertz CT molecular complexity index is 625. The van der Waals surface area contributed by atoms with E-state index in [-0.39, 0.29) is 18.0 Å². The molecule has 0 fully saturated rings. The summed E-state index contributed by atoms with van der Waals surface area (Å²) in [6, 6.07) is 10.3. The molecular weight excluding hydrogens is 263 g/mol. The van der Waals surface area contributed by atoms with Crippen LogP contribution < -0.4 is 9.47 Å². The Balaban J connectivity index is 2.19. The number of hydrogen-bond acceptors (Lipinski definition) is 3. The molecule has 0 aliphatic heterocycles. The van der Waals surface area contributed by atoms with Crippen molar-refractivity contribution in [3.63, 3.8) is 0 Å². The van der Waals surface area contributed by atoms with Gasteiger partial charge in [-0.1, -0.05) is 12.1 Å². The molecule has 0 radical (unpaired) electrons. The number of carbonyl (C=O) groups is 1. The van der Waals surface area contributed by atoms with E-state index in [4.69, 9.17) is 14.6 Å². The molecule has 2 aromatic carbocycles. The van der Waals surface area contributed by atoms with E-state index in [2.05, 4.69) is 0 Å². The lowest BCUT2D eigenvalue weighted by atomic mass is 10.2. The SMILES string of the molecule is COc1ccc(C(=O)O)cc1OCc1cccc(F)c1. The van der Waals surface area contributed by atoms with Crippen molar-refractivity contribution in [2.24, 2.45) is 0 Å². The number of methoxy groups -OCH3 is 1. The summed E-state index contributed by atoms with van der Waals surface area (Å²) in [5, 5.41) is 8.95. The fraction of sp³-hybridized carbons (Fsp3) is 0.133. The molecule has 2 rings (SSSR count). The first-order valence-corrected chi connectivity index (χ1v) is 5.88. The third kappa shape index (κ3) is 3.26. The van der Waals surface area contributed by atoms with Gasteiger partial charge in [0.25, 0.3) is 0 Å². The molecule has 0 heterocycles. The molecule has 0 unspecified atom stereocenters. The number of ether oxygens (including phenoxy) is 2. The van der Waals surface area contributed by atoms with Gasteiger partial charge in [-0.15, -0.1) is 0 Å². The van der Waals surface area contributed by atoms with Gasteiger partial charge in [-0.3, -0.25) is 0 Å². The second-order valence-corrected chi connectivity index (χ2v) is 4.09. The number of carboxylic acid groups (broad SMARTS) is 1. The molecular formula is C15H13FO4. The van der Waals surface area contributed by atoms with E-state index in [1.54, 1.807) is 12.1 Å². The highest BCUT2D eigenvalue weighted by molar-refractivity contribution is 5.88. The average Bonchev–Trinajstić information content (AvgIpc) is 2.44. The van der Waals surface area contributed by atoms with E-state index in [1.807, 2.05) is 0 Å². The molecule has 0 bridgehead atoms. The van der Waals surface area contributed by atoms with Crippen LogP contribution >= 0.6 is 0 Å². The molecule has 0 saturated carbocycles. The van der Waals surface area contributed by atoms with Crippen LogP contribution in [0.15, 0.2) is 42.5 Å². The van der Waals surface area contributed by atoms with Gasteiger partial charge in [-0.25, -0.2) is 9.18 Å². The molecule has 1 N–H and O–H groups in total. The quantitative estimate of drug-likeness (QED) is 0.911. The Kier molecular flexibility index (Phi) is 4.20. The lowest BCUT2D eigenvalue weighted by molar-refractivity contribution is 0.0696. The standard InChI is InChI=1S/C15H13FO4/c1-19-13-6-5-11(15(17)18)8-14(13)20-9-10-3-2-4-12(16)7-10/h2-8H,9H2,1H3,(H,17,18). The van der Waals surface area contributed by atoms with E-state index < -0.39 is 5.97 Å². The van der Waals surface area contributed by atoms with E-state index >= 15 is 0 Å². The summed E-state index contributed by atoms with van der Waals surface area (Å²) in [5.41, 5.74) is 0.743. The summed E-state index contributed by atoms with van der Waals surface area (Å²) in [6.45, 7) is 0.122. The minimum Gasteiger partial charge on any atom is -0.493 e. The van der Waals surface area contributed by atoms with Crippen LogP contribution in [0.25, 0.3) is 0 Å². The zero-order valence-corrected chi connectivity index (χ0v) is 10.8. The van der Waals surface area contributed by atoms with Crippen molar-refractivity contribution in [3.05, 3.63) is 59.4 Å². The lowest BCUT2D eigenvalue weighted by Crippen LogP contribution is -2.01. The molecule has 0 spiro atoms. The van der Waals surface area contributed by atoms with Crippen LogP contribution in [-0.4, -0.2) is 18.2 Å². The molecule has 0 saturated heterocycles. The van der Waals surface area contributed by atoms with Gasteiger partial charge >= 0.3 is 5.97 Å². The number of rotatable bonds is 5. The molecule has 0 aliphatic carbocycles. The third-order valence-corrected chi connectivity index (χ3v) is 2.69. The third-order valence-electron chi connectivity index (χ3n) is 2.69. The predicted octanol–water partition coefficient (Wildman–Crippen LogP) is 3.11. The maximum Gasteiger partial charge on any atom is 0.335 e. The van der Waals surface area contributed by atoms with Gasteiger partial charge in [0.15, 0.2) is 11.5 Å². The molecule has 0 amide bonds. The first kappa shape index (κ1) is 13.9. The van der Waals surface area contributed by atoms with Gasteiger partial charge in [-0.05, 0) is 35.9 Å². The first-order chi connectivity index (χ1) is 9.60. The van der Waals surface area contributed by atoms with Crippen LogP contribution in [0.1, 0.15) is 15.9 Å². The van der Waals surface area contributed by atoms with Crippen LogP contribution in [0.2, 0.25) is 0 Å². The summed E-state index contributed by atoms with van der Waals surface area (Å²) < 4.78 is 23.7. The summed E-state index contributed by atoms with van der Waals surface area (Å²) in [4.78, 5) is 10.9. The minimum atomic E-state index is -1.05. The fourth-order valence-electron chi connectivity index (χ4n) is 1.71. The van der Waals surface area contributed by atoms with Crippen LogP contribution in [-0.2, 0) is 6.61 Å². The summed E-state index contributed by atoms with van der Waals surface area (Å²) >= 11 is 0. The van der Waals surface area contributed by atoms with Gasteiger partial charge in [-0.2, -0.15) is 0 Å². The Morgan fingerprint density at radius 1 is 1.20 bits per heavy atom. The second-order valence-electron chi connectivity index (χ2n) is 4.09. The van der Waals surface area contributed by atoms with E-state index in [0.717, 1.165) is 0 Å². The van der Waals surface area contributed by atoms with Crippen LogP contribution in [0.5, 0.6) is 11.5 Å². The Morgan fingerprint density at radius 3 is 2.65 bits per heavy atom. The predicted molar refractivity (Wildman–Crippen MR) is 70.7 cm³/mol. The molecule has 2 aromatic rings. The maximum atomic E-state index is 13.1. The summed E-state index contributed by atoms with van der Waals surface area (Å²) in [6.07, 6.45) is 0. The van der Waals surface area contributed by atoms with Gasteiger partial charge in [0, 0.05) is 0 Å². The normalized spacial score (nSPS) is 10.1. The highest BCUT2D eigenvalue weighted by atomic mass is 19.1. The Morgan fingerprint density at radius 2 is 2.00 bits per heavy atom. The van der Waals surface area contributed by atoms with Gasteiger partial charge in [0.1, 0.15) is 12.4 Å². The Labute approximate surface area is 115 Å². The smallest absolute Gasteiger partial charge is 0.335 e. The van der Waals surface area contributed by atoms with Crippen molar-refractivity contribution >= 4 is 5.97 Å². The van der Waals surface area contributed by atoms with Crippen LogP contribution in [0.4, 0.5) is 4.39 Å². The molecule has 4 nitrogen and oxygen atoms in total. The zero-order chi connectivity index (χ0) is 14.5. The lowest BCUT2D eigenvalue weighted by Gasteiger charge is -2.11. The Hall–Kier alpha value is -2.56. The molecule has 0 aromatic heterocycles. The molecule has 0 atom stereocenters. The van der Waals surface area contributed by atoms with Crippen molar-refractivity contribution < 1.29 is 23.8 Å². The molecule has 5 heteroatoms. The van der Waals surface area contributed by atoms with Gasteiger partial charge in [0.2, 0.25) is 0 Å². The van der Waals surface area contributed by atoms with Crippen molar-refractivity contribution in [2.45, 2.75) is 6.61 Å². The molecule has 0 aliphatic rings. The number of benzene rings is 2. The number of aromatic carboxylic acids is 1. The molecule has 104 valence electrons. The minimum absolute atomic E-state index is 0.0973. The van der Waals surface area contributed by atoms with E-state index in [9.17, 15) is 9.18 Å². The highest BCUT2D eigenvalue weighted by Gasteiger charge is 2.10. The van der Waals surface area contributed by atoms with E-state index in [0.29, 0.717) is 17.1 Å². The second kappa shape index (κ2) is 6.06. The maximum absolute atomic E-state index is 13.1. The topological polar surface area (TPSA) is 55.8 Å². The van der Waals surface area contributed by atoms with E-state index in [1.165, 1.54) is 37.4 Å². The fourth-order valence-corrected chi connectivity index (χ4v) is 1.71. The number of halogens is 1. The monoisotopic (exact) mass is 276 g/mol. The van der Waals surface area contributed by atoms with Gasteiger partial charge < -0.3 is 14.6 Å². The van der Waals surface area contributed by atoms with Crippen molar-refractivity contribution in [1.82, 2.24) is 0 Å². The largest absolute Gasteiger partial charge is 0.493 e. The number of hydrogen-bond donors (Lipinski definition) is 1. The summed E-state index contributed by atoms with van der Waals surface area (Å²) in [5.74, 6) is -0.677. The van der Waals surface area contributed by atoms with Crippen molar-refractivity contribution in [3.8, 4) is 11.5 Å². The van der Waals surface area contributed by atoms with Crippen LogP contribution in [0.3, 0.4) is 0 Å².